The van der Waals surface area contributed by atoms with E-state index in [1.54, 1.807) is 19.3 Å². The highest BCUT2D eigenvalue weighted by molar-refractivity contribution is 6.29. The fraction of sp³-hybridized carbons (Fsp3) is 0.571. The zero-order chi connectivity index (χ0) is 14.2. The van der Waals surface area contributed by atoms with Crippen LogP contribution in [0.2, 0.25) is 5.15 Å². The summed E-state index contributed by atoms with van der Waals surface area (Å²) in [6.07, 6.45) is 5.27. The normalized spacial score (nSPS) is 19.1. The van der Waals surface area contributed by atoms with Crippen molar-refractivity contribution >= 4 is 17.6 Å². The molecule has 0 aliphatic carbocycles. The highest BCUT2D eigenvalue weighted by atomic mass is 35.5. The van der Waals surface area contributed by atoms with Crippen LogP contribution in [0.25, 0.3) is 0 Å². The molecular weight excluding hydrogens is 276 g/mol. The average molecular weight is 297 g/mol. The van der Waals surface area contributed by atoms with Gasteiger partial charge in [-0.05, 0) is 30.9 Å². The van der Waals surface area contributed by atoms with Gasteiger partial charge >= 0.3 is 0 Å². The van der Waals surface area contributed by atoms with Gasteiger partial charge in [0, 0.05) is 32.9 Å². The average Bonchev–Trinajstić information content (AvgIpc) is 2.98. The van der Waals surface area contributed by atoms with Gasteiger partial charge in [-0.2, -0.15) is 0 Å². The van der Waals surface area contributed by atoms with Crippen molar-refractivity contribution in [3.63, 3.8) is 0 Å². The Kier molecular flexibility index (Phi) is 6.08. The molecule has 20 heavy (non-hydrogen) atoms. The summed E-state index contributed by atoms with van der Waals surface area (Å²) in [5.74, 6) is 0.808. The lowest BCUT2D eigenvalue weighted by molar-refractivity contribution is 0.114. The van der Waals surface area contributed by atoms with E-state index in [0.717, 1.165) is 50.5 Å². The van der Waals surface area contributed by atoms with Crippen molar-refractivity contribution in [1.29, 1.82) is 0 Å². The molecule has 1 atom stereocenters. The van der Waals surface area contributed by atoms with Gasteiger partial charge in [0.25, 0.3) is 0 Å². The van der Waals surface area contributed by atoms with Crippen molar-refractivity contribution in [2.45, 2.75) is 25.4 Å². The maximum absolute atomic E-state index is 5.75. The molecule has 1 aromatic rings. The molecule has 5 nitrogen and oxygen atoms in total. The Balaban J connectivity index is 1.66. The van der Waals surface area contributed by atoms with Crippen LogP contribution in [0.15, 0.2) is 23.3 Å². The summed E-state index contributed by atoms with van der Waals surface area (Å²) in [5, 5.41) is 7.09. The first-order valence-electron chi connectivity index (χ1n) is 6.94. The number of guanidine groups is 1. The number of pyridine rings is 1. The quantitative estimate of drug-likeness (QED) is 0.492. The number of aliphatic imine (C=N–C) groups is 1. The molecule has 1 unspecified atom stereocenters. The van der Waals surface area contributed by atoms with Crippen molar-refractivity contribution in [2.24, 2.45) is 4.99 Å². The number of hydrogen-bond donors (Lipinski definition) is 2. The SMILES string of the molecule is CN=C(NCCc1ccc(Cl)nc1)NCC1CCCO1. The molecule has 0 radical (unpaired) electrons. The Morgan fingerprint density at radius 1 is 1.50 bits per heavy atom. The summed E-state index contributed by atoms with van der Waals surface area (Å²) in [6.45, 7) is 2.48. The minimum Gasteiger partial charge on any atom is -0.376 e. The Hall–Kier alpha value is -1.33. The van der Waals surface area contributed by atoms with Gasteiger partial charge in [-0.15, -0.1) is 0 Å². The van der Waals surface area contributed by atoms with E-state index in [1.807, 2.05) is 6.07 Å². The maximum atomic E-state index is 5.75. The number of nitrogens with one attached hydrogen (secondary N) is 2. The molecule has 0 amide bonds. The highest BCUT2D eigenvalue weighted by Gasteiger charge is 2.15. The number of ether oxygens (including phenoxy) is 1. The van der Waals surface area contributed by atoms with Gasteiger partial charge in [0.05, 0.1) is 6.10 Å². The standard InChI is InChI=1S/C14H21ClN4O/c1-16-14(19-10-12-3-2-8-20-12)17-7-6-11-4-5-13(15)18-9-11/h4-5,9,12H,2-3,6-8,10H2,1H3,(H2,16,17,19). The molecule has 6 heteroatoms. The molecule has 1 aliphatic heterocycles. The third kappa shape index (κ3) is 4.98. The van der Waals surface area contributed by atoms with Gasteiger partial charge in [0.2, 0.25) is 0 Å². The Labute approximate surface area is 124 Å². The van der Waals surface area contributed by atoms with Crippen molar-refractivity contribution in [1.82, 2.24) is 15.6 Å². The van der Waals surface area contributed by atoms with Crippen LogP contribution in [0.4, 0.5) is 0 Å². The number of aromatic nitrogens is 1. The topological polar surface area (TPSA) is 58.5 Å². The van der Waals surface area contributed by atoms with Crippen LogP contribution >= 0.6 is 11.6 Å². The van der Waals surface area contributed by atoms with E-state index >= 15 is 0 Å². The molecule has 0 bridgehead atoms. The van der Waals surface area contributed by atoms with Gasteiger partial charge in [-0.1, -0.05) is 17.7 Å². The molecule has 2 rings (SSSR count). The van der Waals surface area contributed by atoms with Gasteiger partial charge in [-0.3, -0.25) is 4.99 Å². The summed E-state index contributed by atoms with van der Waals surface area (Å²) in [4.78, 5) is 8.26. The molecule has 1 saturated heterocycles. The molecule has 1 aliphatic rings. The lowest BCUT2D eigenvalue weighted by atomic mass is 10.2. The third-order valence-corrected chi connectivity index (χ3v) is 3.46. The lowest BCUT2D eigenvalue weighted by Crippen LogP contribution is -2.41. The van der Waals surface area contributed by atoms with Gasteiger partial charge < -0.3 is 15.4 Å². The van der Waals surface area contributed by atoms with Crippen LogP contribution in [0.3, 0.4) is 0 Å². The molecular formula is C14H21ClN4O. The molecule has 2 N–H and O–H groups in total. The summed E-state index contributed by atoms with van der Waals surface area (Å²) in [5.41, 5.74) is 1.15. The van der Waals surface area contributed by atoms with E-state index in [-0.39, 0.29) is 0 Å². The predicted molar refractivity (Wildman–Crippen MR) is 81.3 cm³/mol. The van der Waals surface area contributed by atoms with E-state index < -0.39 is 0 Å². The summed E-state index contributed by atoms with van der Waals surface area (Å²) in [7, 11) is 1.77. The van der Waals surface area contributed by atoms with E-state index in [9.17, 15) is 0 Å². The van der Waals surface area contributed by atoms with Crippen molar-refractivity contribution in [2.75, 3.05) is 26.7 Å². The van der Waals surface area contributed by atoms with E-state index in [1.165, 1.54) is 0 Å². The molecule has 1 aromatic heterocycles. The van der Waals surface area contributed by atoms with Crippen molar-refractivity contribution in [3.05, 3.63) is 29.0 Å². The summed E-state index contributed by atoms with van der Waals surface area (Å²) in [6, 6.07) is 3.79. The first-order chi connectivity index (χ1) is 9.78. The summed E-state index contributed by atoms with van der Waals surface area (Å²) < 4.78 is 5.57. The number of hydrogen-bond acceptors (Lipinski definition) is 3. The van der Waals surface area contributed by atoms with Crippen LogP contribution in [0.5, 0.6) is 0 Å². The minimum atomic E-state index is 0.314. The van der Waals surface area contributed by atoms with Crippen LogP contribution in [0, 0.1) is 0 Å². The second kappa shape index (κ2) is 8.07. The number of halogens is 1. The van der Waals surface area contributed by atoms with Crippen molar-refractivity contribution in [3.8, 4) is 0 Å². The van der Waals surface area contributed by atoms with Crippen LogP contribution in [-0.4, -0.2) is 43.8 Å². The zero-order valence-corrected chi connectivity index (χ0v) is 12.5. The molecule has 0 saturated carbocycles. The summed E-state index contributed by atoms with van der Waals surface area (Å²) >= 11 is 5.75. The smallest absolute Gasteiger partial charge is 0.191 e. The fourth-order valence-electron chi connectivity index (χ4n) is 2.12. The van der Waals surface area contributed by atoms with Crippen LogP contribution in [0.1, 0.15) is 18.4 Å². The van der Waals surface area contributed by atoms with Crippen LogP contribution < -0.4 is 10.6 Å². The second-order valence-corrected chi connectivity index (χ2v) is 5.14. The van der Waals surface area contributed by atoms with E-state index in [0.29, 0.717) is 11.3 Å². The largest absolute Gasteiger partial charge is 0.376 e. The van der Waals surface area contributed by atoms with E-state index in [2.05, 4.69) is 20.6 Å². The highest BCUT2D eigenvalue weighted by Crippen LogP contribution is 2.10. The van der Waals surface area contributed by atoms with Crippen LogP contribution in [-0.2, 0) is 11.2 Å². The van der Waals surface area contributed by atoms with E-state index in [4.69, 9.17) is 16.3 Å². The molecule has 2 heterocycles. The third-order valence-electron chi connectivity index (χ3n) is 3.24. The maximum Gasteiger partial charge on any atom is 0.191 e. The predicted octanol–water partition coefficient (Wildman–Crippen LogP) is 1.62. The molecule has 110 valence electrons. The van der Waals surface area contributed by atoms with Gasteiger partial charge in [0.15, 0.2) is 5.96 Å². The minimum absolute atomic E-state index is 0.314. The van der Waals surface area contributed by atoms with Gasteiger partial charge in [-0.25, -0.2) is 4.98 Å². The molecule has 1 fully saturated rings. The van der Waals surface area contributed by atoms with Crippen molar-refractivity contribution < 1.29 is 4.74 Å². The van der Waals surface area contributed by atoms with Gasteiger partial charge in [0.1, 0.15) is 5.15 Å². The number of nitrogens with zero attached hydrogens (tertiary/aromatic N) is 2. The number of rotatable bonds is 5. The second-order valence-electron chi connectivity index (χ2n) is 4.75. The Bertz CT molecular complexity index is 429. The first kappa shape index (κ1) is 15.1. The Morgan fingerprint density at radius 2 is 2.40 bits per heavy atom. The zero-order valence-electron chi connectivity index (χ0n) is 11.7. The fourth-order valence-corrected chi connectivity index (χ4v) is 2.23. The lowest BCUT2D eigenvalue weighted by Gasteiger charge is -2.15. The molecule has 0 spiro atoms. The Morgan fingerprint density at radius 3 is 3.05 bits per heavy atom. The monoisotopic (exact) mass is 296 g/mol. The first-order valence-corrected chi connectivity index (χ1v) is 7.32. The molecule has 0 aromatic carbocycles.